The monoisotopic (exact) mass is 324 g/mol. The predicted molar refractivity (Wildman–Crippen MR) is 91.0 cm³/mol. The average Bonchev–Trinajstić information content (AvgIpc) is 2.62. The SMILES string of the molecule is COc1cc2nccc(Oc3ccc(NC=O)cc3)c2cc1OC. The number of fused-ring (bicyclic) bond motifs is 1. The van der Waals surface area contributed by atoms with E-state index in [0.29, 0.717) is 35.1 Å². The first-order valence-corrected chi connectivity index (χ1v) is 7.24. The first-order valence-electron chi connectivity index (χ1n) is 7.24. The van der Waals surface area contributed by atoms with Crippen molar-refractivity contribution < 1.29 is 19.0 Å². The molecule has 0 aliphatic rings. The fourth-order valence-corrected chi connectivity index (χ4v) is 2.35. The summed E-state index contributed by atoms with van der Waals surface area (Å²) in [6.07, 6.45) is 2.30. The normalized spacial score (nSPS) is 10.2. The molecule has 0 bridgehead atoms. The summed E-state index contributed by atoms with van der Waals surface area (Å²) in [6, 6.07) is 12.5. The van der Waals surface area contributed by atoms with Crippen LogP contribution in [-0.4, -0.2) is 25.6 Å². The van der Waals surface area contributed by atoms with Gasteiger partial charge in [-0.2, -0.15) is 0 Å². The molecule has 0 atom stereocenters. The number of carbonyl (C=O) groups excluding carboxylic acids is 1. The maximum absolute atomic E-state index is 10.4. The largest absolute Gasteiger partial charge is 0.493 e. The van der Waals surface area contributed by atoms with E-state index in [0.717, 1.165) is 10.9 Å². The van der Waals surface area contributed by atoms with E-state index in [-0.39, 0.29) is 0 Å². The Balaban J connectivity index is 1.98. The van der Waals surface area contributed by atoms with Gasteiger partial charge in [0.2, 0.25) is 6.41 Å². The molecular formula is C18H16N2O4. The molecule has 0 aliphatic heterocycles. The lowest BCUT2D eigenvalue weighted by molar-refractivity contribution is -0.105. The van der Waals surface area contributed by atoms with Crippen molar-refractivity contribution in [2.24, 2.45) is 0 Å². The zero-order chi connectivity index (χ0) is 16.9. The topological polar surface area (TPSA) is 69.7 Å². The molecule has 0 radical (unpaired) electrons. The molecule has 1 N–H and O–H groups in total. The van der Waals surface area contributed by atoms with Crippen LogP contribution in [0.15, 0.2) is 48.7 Å². The summed E-state index contributed by atoms with van der Waals surface area (Å²) in [5.41, 5.74) is 1.44. The van der Waals surface area contributed by atoms with Crippen molar-refractivity contribution in [2.75, 3.05) is 19.5 Å². The second kappa shape index (κ2) is 6.87. The van der Waals surface area contributed by atoms with Crippen LogP contribution < -0.4 is 19.5 Å². The van der Waals surface area contributed by atoms with Crippen LogP contribution in [0.5, 0.6) is 23.0 Å². The van der Waals surface area contributed by atoms with Crippen molar-refractivity contribution in [1.82, 2.24) is 4.98 Å². The van der Waals surface area contributed by atoms with Gasteiger partial charge in [0.1, 0.15) is 11.5 Å². The van der Waals surface area contributed by atoms with E-state index in [1.54, 1.807) is 56.8 Å². The number of pyridine rings is 1. The number of amides is 1. The van der Waals surface area contributed by atoms with Gasteiger partial charge in [0, 0.05) is 23.3 Å². The van der Waals surface area contributed by atoms with Gasteiger partial charge >= 0.3 is 0 Å². The summed E-state index contributed by atoms with van der Waals surface area (Å²) in [4.78, 5) is 14.8. The molecule has 1 heterocycles. The van der Waals surface area contributed by atoms with E-state index in [4.69, 9.17) is 14.2 Å². The third kappa shape index (κ3) is 3.08. The molecule has 0 fully saturated rings. The second-order valence-corrected chi connectivity index (χ2v) is 4.92. The molecule has 3 aromatic rings. The quantitative estimate of drug-likeness (QED) is 0.701. The van der Waals surface area contributed by atoms with Gasteiger partial charge in [0.25, 0.3) is 0 Å². The van der Waals surface area contributed by atoms with Crippen molar-refractivity contribution in [3.8, 4) is 23.0 Å². The molecule has 122 valence electrons. The molecule has 6 heteroatoms. The number of hydrogen-bond acceptors (Lipinski definition) is 5. The molecule has 1 amide bonds. The molecule has 6 nitrogen and oxygen atoms in total. The molecule has 24 heavy (non-hydrogen) atoms. The highest BCUT2D eigenvalue weighted by Gasteiger charge is 2.11. The number of methoxy groups -OCH3 is 2. The Bertz CT molecular complexity index is 863. The number of nitrogens with zero attached hydrogens (tertiary/aromatic N) is 1. The molecule has 0 aliphatic carbocycles. The maximum Gasteiger partial charge on any atom is 0.211 e. The first kappa shape index (κ1) is 15.6. The number of hydrogen-bond donors (Lipinski definition) is 1. The number of anilines is 1. The Morgan fingerprint density at radius 2 is 1.67 bits per heavy atom. The molecule has 0 spiro atoms. The Morgan fingerprint density at radius 1 is 0.958 bits per heavy atom. The third-order valence-electron chi connectivity index (χ3n) is 3.51. The van der Waals surface area contributed by atoms with Gasteiger partial charge in [-0.3, -0.25) is 9.78 Å². The summed E-state index contributed by atoms with van der Waals surface area (Å²) in [5.74, 6) is 2.51. The van der Waals surface area contributed by atoms with Gasteiger partial charge in [-0.05, 0) is 36.4 Å². The second-order valence-electron chi connectivity index (χ2n) is 4.92. The van der Waals surface area contributed by atoms with E-state index < -0.39 is 0 Å². The van der Waals surface area contributed by atoms with E-state index in [9.17, 15) is 4.79 Å². The smallest absolute Gasteiger partial charge is 0.211 e. The summed E-state index contributed by atoms with van der Waals surface area (Å²) in [5, 5.41) is 3.39. The predicted octanol–water partition coefficient (Wildman–Crippen LogP) is 3.61. The fourth-order valence-electron chi connectivity index (χ4n) is 2.35. The van der Waals surface area contributed by atoms with Gasteiger partial charge in [0.05, 0.1) is 19.7 Å². The lowest BCUT2D eigenvalue weighted by Crippen LogP contribution is -1.94. The fraction of sp³-hybridized carbons (Fsp3) is 0.111. The van der Waals surface area contributed by atoms with Crippen molar-refractivity contribution >= 4 is 23.0 Å². The Hall–Kier alpha value is -3.28. The molecule has 2 aromatic carbocycles. The highest BCUT2D eigenvalue weighted by atomic mass is 16.5. The minimum absolute atomic E-state index is 0.605. The molecule has 3 rings (SSSR count). The van der Waals surface area contributed by atoms with Crippen LogP contribution in [0, 0.1) is 0 Å². The zero-order valence-electron chi connectivity index (χ0n) is 13.3. The molecule has 0 saturated heterocycles. The highest BCUT2D eigenvalue weighted by molar-refractivity contribution is 5.88. The Morgan fingerprint density at radius 3 is 2.33 bits per heavy atom. The Kier molecular flexibility index (Phi) is 4.47. The van der Waals surface area contributed by atoms with Gasteiger partial charge in [-0.15, -0.1) is 0 Å². The number of aromatic nitrogens is 1. The van der Waals surface area contributed by atoms with Crippen LogP contribution in [-0.2, 0) is 4.79 Å². The molecule has 1 aromatic heterocycles. The standard InChI is InChI=1S/C18H16N2O4/c1-22-17-9-14-15(10-18(17)23-2)19-8-7-16(14)24-13-5-3-12(4-6-13)20-11-21/h3-11H,1-2H3,(H,20,21). The van der Waals surface area contributed by atoms with Crippen LogP contribution in [0.3, 0.4) is 0 Å². The summed E-state index contributed by atoms with van der Waals surface area (Å²) in [7, 11) is 3.16. The number of carbonyl (C=O) groups is 1. The first-order chi connectivity index (χ1) is 11.7. The van der Waals surface area contributed by atoms with E-state index in [1.165, 1.54) is 0 Å². The summed E-state index contributed by atoms with van der Waals surface area (Å²) in [6.45, 7) is 0. The number of ether oxygens (including phenoxy) is 3. The van der Waals surface area contributed by atoms with Crippen LogP contribution in [0.4, 0.5) is 5.69 Å². The van der Waals surface area contributed by atoms with Gasteiger partial charge in [-0.1, -0.05) is 0 Å². The zero-order valence-corrected chi connectivity index (χ0v) is 13.3. The summed E-state index contributed by atoms with van der Waals surface area (Å²) < 4.78 is 16.6. The lowest BCUT2D eigenvalue weighted by atomic mass is 10.2. The van der Waals surface area contributed by atoms with E-state index in [1.807, 2.05) is 6.07 Å². The number of rotatable bonds is 6. The van der Waals surface area contributed by atoms with Gasteiger partial charge in [0.15, 0.2) is 11.5 Å². The van der Waals surface area contributed by atoms with E-state index in [2.05, 4.69) is 10.3 Å². The molecular weight excluding hydrogens is 308 g/mol. The van der Waals surface area contributed by atoms with Crippen LogP contribution in [0.2, 0.25) is 0 Å². The third-order valence-corrected chi connectivity index (χ3v) is 3.51. The van der Waals surface area contributed by atoms with Crippen LogP contribution >= 0.6 is 0 Å². The molecule has 0 saturated carbocycles. The molecule has 0 unspecified atom stereocenters. The van der Waals surface area contributed by atoms with Crippen molar-refractivity contribution in [3.63, 3.8) is 0 Å². The minimum atomic E-state index is 0.605. The minimum Gasteiger partial charge on any atom is -0.493 e. The van der Waals surface area contributed by atoms with Gasteiger partial charge < -0.3 is 19.5 Å². The van der Waals surface area contributed by atoms with Gasteiger partial charge in [-0.25, -0.2) is 0 Å². The number of nitrogens with one attached hydrogen (secondary N) is 1. The highest BCUT2D eigenvalue weighted by Crippen LogP contribution is 2.36. The number of benzene rings is 2. The average molecular weight is 324 g/mol. The van der Waals surface area contributed by atoms with Crippen molar-refractivity contribution in [3.05, 3.63) is 48.7 Å². The summed E-state index contributed by atoms with van der Waals surface area (Å²) >= 11 is 0. The van der Waals surface area contributed by atoms with Crippen LogP contribution in [0.1, 0.15) is 0 Å². The van der Waals surface area contributed by atoms with Crippen molar-refractivity contribution in [2.45, 2.75) is 0 Å². The van der Waals surface area contributed by atoms with Crippen molar-refractivity contribution in [1.29, 1.82) is 0 Å². The van der Waals surface area contributed by atoms with E-state index >= 15 is 0 Å². The van der Waals surface area contributed by atoms with Crippen LogP contribution in [0.25, 0.3) is 10.9 Å². The maximum atomic E-state index is 10.4. The Labute approximate surface area is 139 Å². The lowest BCUT2D eigenvalue weighted by Gasteiger charge is -2.12.